The van der Waals surface area contributed by atoms with Crippen LogP contribution < -0.4 is 10.1 Å². The van der Waals surface area contributed by atoms with Crippen LogP contribution >= 0.6 is 0 Å². The standard InChI is InChI=1S/C27H23F4N3O2/c1-16(2)18-6-8-20(9-7-18)36-15-17-4-3-5-19(12-17)27(35)32-24-10-11-34(33-24)14-21-25(30)22(28)13-23(29)26(21)31/h3-13,16H,14-15H2,1-2H3,(H,32,33,35). The van der Waals surface area contributed by atoms with Crippen LogP contribution in [-0.2, 0) is 13.2 Å². The van der Waals surface area contributed by atoms with E-state index in [0.717, 1.165) is 10.2 Å². The summed E-state index contributed by atoms with van der Waals surface area (Å²) in [4.78, 5) is 12.7. The second-order valence-electron chi connectivity index (χ2n) is 8.51. The van der Waals surface area contributed by atoms with Crippen molar-refractivity contribution in [3.05, 3.63) is 112 Å². The zero-order valence-electron chi connectivity index (χ0n) is 19.6. The zero-order valence-corrected chi connectivity index (χ0v) is 19.6. The fourth-order valence-electron chi connectivity index (χ4n) is 3.55. The maximum atomic E-state index is 13.9. The van der Waals surface area contributed by atoms with Gasteiger partial charge in [-0.1, -0.05) is 38.1 Å². The number of carbonyl (C=O) groups is 1. The van der Waals surface area contributed by atoms with Gasteiger partial charge in [0.15, 0.2) is 29.1 Å². The van der Waals surface area contributed by atoms with Crippen molar-refractivity contribution in [1.82, 2.24) is 9.78 Å². The molecule has 1 amide bonds. The summed E-state index contributed by atoms with van der Waals surface area (Å²) in [5.74, 6) is -5.21. The largest absolute Gasteiger partial charge is 0.489 e. The summed E-state index contributed by atoms with van der Waals surface area (Å²) in [6, 6.07) is 16.2. The first kappa shape index (κ1) is 25.0. The average molecular weight is 497 g/mol. The number of nitrogens with one attached hydrogen (secondary N) is 1. The quantitative estimate of drug-likeness (QED) is 0.225. The zero-order chi connectivity index (χ0) is 25.8. The Morgan fingerprint density at radius 3 is 2.33 bits per heavy atom. The minimum absolute atomic E-state index is 0.101. The minimum Gasteiger partial charge on any atom is -0.489 e. The van der Waals surface area contributed by atoms with Crippen molar-refractivity contribution >= 4 is 11.7 Å². The molecule has 1 heterocycles. The Labute approximate surface area is 205 Å². The van der Waals surface area contributed by atoms with Crippen molar-refractivity contribution in [3.8, 4) is 5.75 Å². The van der Waals surface area contributed by atoms with Gasteiger partial charge in [-0.15, -0.1) is 0 Å². The molecular formula is C27H23F4N3O2. The van der Waals surface area contributed by atoms with Gasteiger partial charge in [0.2, 0.25) is 0 Å². The van der Waals surface area contributed by atoms with E-state index in [1.807, 2.05) is 30.3 Å². The summed E-state index contributed by atoms with van der Waals surface area (Å²) in [6.07, 6.45) is 1.33. The highest BCUT2D eigenvalue weighted by molar-refractivity contribution is 6.03. The van der Waals surface area contributed by atoms with Crippen LogP contribution in [0.25, 0.3) is 0 Å². The molecule has 0 radical (unpaired) electrons. The fraction of sp³-hybridized carbons (Fsp3) is 0.185. The van der Waals surface area contributed by atoms with Gasteiger partial charge in [-0.25, -0.2) is 17.6 Å². The number of carbonyl (C=O) groups excluding carboxylic acids is 1. The normalized spacial score (nSPS) is 11.1. The molecule has 0 saturated heterocycles. The van der Waals surface area contributed by atoms with Crippen molar-refractivity contribution in [2.45, 2.75) is 32.9 Å². The van der Waals surface area contributed by atoms with Gasteiger partial charge < -0.3 is 10.1 Å². The predicted octanol–water partition coefficient (Wildman–Crippen LogP) is 6.44. The average Bonchev–Trinajstić information content (AvgIpc) is 3.31. The number of aromatic nitrogens is 2. The van der Waals surface area contributed by atoms with Gasteiger partial charge in [0.1, 0.15) is 12.4 Å². The molecule has 0 spiro atoms. The first-order valence-electron chi connectivity index (χ1n) is 11.2. The molecule has 0 aliphatic heterocycles. The Kier molecular flexibility index (Phi) is 7.38. The summed E-state index contributed by atoms with van der Waals surface area (Å²) in [5, 5.41) is 6.60. The van der Waals surface area contributed by atoms with Crippen LogP contribution in [-0.4, -0.2) is 15.7 Å². The van der Waals surface area contributed by atoms with Gasteiger partial charge in [-0.2, -0.15) is 5.10 Å². The topological polar surface area (TPSA) is 56.1 Å². The molecule has 0 unspecified atom stereocenters. The van der Waals surface area contributed by atoms with Crippen molar-refractivity contribution in [3.63, 3.8) is 0 Å². The van der Waals surface area contributed by atoms with E-state index >= 15 is 0 Å². The van der Waals surface area contributed by atoms with Crippen LogP contribution in [0.3, 0.4) is 0 Å². The van der Waals surface area contributed by atoms with Crippen molar-refractivity contribution in [1.29, 1.82) is 0 Å². The Morgan fingerprint density at radius 1 is 0.972 bits per heavy atom. The van der Waals surface area contributed by atoms with Gasteiger partial charge in [-0.3, -0.25) is 9.48 Å². The molecule has 0 aliphatic rings. The Hall–Kier alpha value is -4.14. The molecule has 0 fully saturated rings. The molecule has 36 heavy (non-hydrogen) atoms. The molecule has 186 valence electrons. The molecule has 9 heteroatoms. The molecule has 0 bridgehead atoms. The Morgan fingerprint density at radius 2 is 1.67 bits per heavy atom. The van der Waals surface area contributed by atoms with E-state index in [1.165, 1.54) is 17.8 Å². The van der Waals surface area contributed by atoms with Crippen LogP contribution in [0.1, 0.15) is 46.8 Å². The third-order valence-corrected chi connectivity index (χ3v) is 5.55. The first-order chi connectivity index (χ1) is 17.2. The second kappa shape index (κ2) is 10.6. The van der Waals surface area contributed by atoms with E-state index in [-0.39, 0.29) is 18.5 Å². The smallest absolute Gasteiger partial charge is 0.256 e. The van der Waals surface area contributed by atoms with Gasteiger partial charge in [0.05, 0.1) is 12.1 Å². The third-order valence-electron chi connectivity index (χ3n) is 5.55. The van der Waals surface area contributed by atoms with Crippen LogP contribution in [0.2, 0.25) is 0 Å². The summed E-state index contributed by atoms with van der Waals surface area (Å²) >= 11 is 0. The molecule has 5 nitrogen and oxygen atoms in total. The highest BCUT2D eigenvalue weighted by atomic mass is 19.2. The first-order valence-corrected chi connectivity index (χ1v) is 11.2. The van der Waals surface area contributed by atoms with E-state index < -0.39 is 41.3 Å². The van der Waals surface area contributed by atoms with E-state index in [2.05, 4.69) is 24.3 Å². The summed E-state index contributed by atoms with van der Waals surface area (Å²) in [6.45, 7) is 3.93. The van der Waals surface area contributed by atoms with Gasteiger partial charge >= 0.3 is 0 Å². The fourth-order valence-corrected chi connectivity index (χ4v) is 3.55. The lowest BCUT2D eigenvalue weighted by molar-refractivity contribution is 0.102. The Balaban J connectivity index is 1.39. The van der Waals surface area contributed by atoms with Gasteiger partial charge in [0, 0.05) is 23.9 Å². The second-order valence-corrected chi connectivity index (χ2v) is 8.51. The lowest BCUT2D eigenvalue weighted by atomic mass is 10.0. The van der Waals surface area contributed by atoms with E-state index in [1.54, 1.807) is 18.2 Å². The van der Waals surface area contributed by atoms with Crippen molar-refractivity contribution < 1.29 is 27.1 Å². The molecule has 4 rings (SSSR count). The number of nitrogens with zero attached hydrogens (tertiary/aromatic N) is 2. The van der Waals surface area contributed by atoms with Crippen molar-refractivity contribution in [2.75, 3.05) is 5.32 Å². The predicted molar refractivity (Wildman–Crippen MR) is 127 cm³/mol. The molecule has 0 atom stereocenters. The van der Waals surface area contributed by atoms with Crippen LogP contribution in [0.5, 0.6) is 5.75 Å². The number of rotatable bonds is 8. The molecule has 0 aliphatic carbocycles. The SMILES string of the molecule is CC(C)c1ccc(OCc2cccc(C(=O)Nc3ccn(Cc4c(F)c(F)cc(F)c4F)n3)c2)cc1. The monoisotopic (exact) mass is 497 g/mol. The van der Waals surface area contributed by atoms with Gasteiger partial charge in [-0.05, 0) is 41.3 Å². The summed E-state index contributed by atoms with van der Waals surface area (Å²) < 4.78 is 61.6. The number of amides is 1. The molecule has 1 aromatic heterocycles. The minimum atomic E-state index is -1.50. The number of hydrogen-bond donors (Lipinski definition) is 1. The molecule has 3 aromatic carbocycles. The molecule has 4 aromatic rings. The molecule has 1 N–H and O–H groups in total. The summed E-state index contributed by atoms with van der Waals surface area (Å²) in [5.41, 5.74) is 1.53. The van der Waals surface area contributed by atoms with E-state index in [9.17, 15) is 22.4 Å². The third kappa shape index (κ3) is 5.73. The van der Waals surface area contributed by atoms with Crippen LogP contribution in [0, 0.1) is 23.3 Å². The molecular weight excluding hydrogens is 474 g/mol. The summed E-state index contributed by atoms with van der Waals surface area (Å²) in [7, 11) is 0. The number of halogens is 4. The lowest BCUT2D eigenvalue weighted by Gasteiger charge is -2.10. The van der Waals surface area contributed by atoms with Gasteiger partial charge in [0.25, 0.3) is 5.91 Å². The maximum absolute atomic E-state index is 13.9. The highest BCUT2D eigenvalue weighted by Crippen LogP contribution is 2.22. The number of benzene rings is 3. The maximum Gasteiger partial charge on any atom is 0.256 e. The number of hydrogen-bond acceptors (Lipinski definition) is 3. The van der Waals surface area contributed by atoms with Crippen LogP contribution in [0.4, 0.5) is 23.4 Å². The number of ether oxygens (including phenoxy) is 1. The number of anilines is 1. The van der Waals surface area contributed by atoms with E-state index in [0.29, 0.717) is 17.2 Å². The highest BCUT2D eigenvalue weighted by Gasteiger charge is 2.20. The van der Waals surface area contributed by atoms with Crippen LogP contribution in [0.15, 0.2) is 66.9 Å². The lowest BCUT2D eigenvalue weighted by Crippen LogP contribution is -2.14. The molecule has 0 saturated carbocycles. The Bertz CT molecular complexity index is 1360. The van der Waals surface area contributed by atoms with E-state index in [4.69, 9.17) is 4.74 Å². The van der Waals surface area contributed by atoms with Crippen molar-refractivity contribution in [2.24, 2.45) is 0 Å².